The Bertz CT molecular complexity index is 712. The third-order valence-electron chi connectivity index (χ3n) is 3.68. The third kappa shape index (κ3) is 8.33. The van der Waals surface area contributed by atoms with Crippen molar-refractivity contribution in [3.63, 3.8) is 0 Å². The lowest BCUT2D eigenvalue weighted by molar-refractivity contribution is 0.0827. The number of hydrogen-bond donors (Lipinski definition) is 2. The molecule has 26 heavy (non-hydrogen) atoms. The molecule has 0 fully saturated rings. The van der Waals surface area contributed by atoms with Crippen molar-refractivity contribution in [2.75, 3.05) is 32.6 Å². The maximum atomic E-state index is 11.9. The smallest absolute Gasteiger partial charge is 0.253 e. The Morgan fingerprint density at radius 3 is 2.35 bits per heavy atom. The van der Waals surface area contributed by atoms with Crippen LogP contribution >= 0.6 is 0 Å². The number of sulfone groups is 1. The molecule has 1 atom stereocenters. The van der Waals surface area contributed by atoms with Gasteiger partial charge in [0.05, 0.1) is 12.3 Å². The van der Waals surface area contributed by atoms with E-state index in [9.17, 15) is 13.2 Å². The Morgan fingerprint density at radius 2 is 1.85 bits per heavy atom. The van der Waals surface area contributed by atoms with E-state index in [0.717, 1.165) is 5.56 Å². The van der Waals surface area contributed by atoms with Crippen molar-refractivity contribution in [2.45, 2.75) is 32.9 Å². The average molecular weight is 383 g/mol. The highest BCUT2D eigenvalue weighted by atomic mass is 32.2. The van der Waals surface area contributed by atoms with Gasteiger partial charge < -0.3 is 15.5 Å². The molecule has 1 rings (SSSR count). The lowest BCUT2D eigenvalue weighted by Crippen LogP contribution is -2.42. The molecule has 1 aromatic rings. The summed E-state index contributed by atoms with van der Waals surface area (Å²) in [7, 11) is 0.473. The number of carbonyl (C=O) groups is 1. The number of nitrogens with zero attached hydrogens (tertiary/aromatic N) is 2. The van der Waals surface area contributed by atoms with Gasteiger partial charge in [0.2, 0.25) is 0 Å². The molecule has 7 nitrogen and oxygen atoms in total. The number of carbonyl (C=O) groups excluding carboxylic acids is 1. The summed E-state index contributed by atoms with van der Waals surface area (Å²) in [6.07, 6.45) is 1.76. The second kappa shape index (κ2) is 10.2. The molecule has 0 aliphatic carbocycles. The summed E-state index contributed by atoms with van der Waals surface area (Å²) in [5.41, 5.74) is 1.63. The van der Waals surface area contributed by atoms with Gasteiger partial charge >= 0.3 is 0 Å². The van der Waals surface area contributed by atoms with Crippen LogP contribution in [0.3, 0.4) is 0 Å². The average Bonchev–Trinajstić information content (AvgIpc) is 2.57. The van der Waals surface area contributed by atoms with Crippen LogP contribution in [-0.4, -0.2) is 63.9 Å². The van der Waals surface area contributed by atoms with E-state index in [4.69, 9.17) is 0 Å². The number of guanidine groups is 1. The molecule has 0 radical (unpaired) electrons. The first-order valence-corrected chi connectivity index (χ1v) is 10.7. The maximum absolute atomic E-state index is 11.9. The quantitative estimate of drug-likeness (QED) is 0.522. The summed E-state index contributed by atoms with van der Waals surface area (Å²) >= 11 is 0. The molecular weight excluding hydrogens is 352 g/mol. The van der Waals surface area contributed by atoms with Crippen LogP contribution in [0, 0.1) is 0 Å². The van der Waals surface area contributed by atoms with E-state index < -0.39 is 9.84 Å². The van der Waals surface area contributed by atoms with Crippen LogP contribution in [0.1, 0.15) is 36.2 Å². The Labute approximate surface area is 156 Å². The summed E-state index contributed by atoms with van der Waals surface area (Å²) in [5.74, 6) is 0.749. The zero-order valence-corrected chi connectivity index (χ0v) is 17.1. The number of benzene rings is 1. The van der Waals surface area contributed by atoms with E-state index >= 15 is 0 Å². The van der Waals surface area contributed by atoms with E-state index in [1.54, 1.807) is 26.2 Å². The van der Waals surface area contributed by atoms with Gasteiger partial charge in [-0.2, -0.15) is 0 Å². The van der Waals surface area contributed by atoms with Gasteiger partial charge in [0, 0.05) is 38.5 Å². The van der Waals surface area contributed by atoms with Crippen molar-refractivity contribution < 1.29 is 13.2 Å². The van der Waals surface area contributed by atoms with E-state index in [1.807, 2.05) is 26.0 Å². The molecule has 1 unspecified atom stereocenters. The summed E-state index contributed by atoms with van der Waals surface area (Å²) in [4.78, 5) is 18.0. The lowest BCUT2D eigenvalue weighted by Gasteiger charge is -2.17. The Kier molecular flexibility index (Phi) is 8.57. The Morgan fingerprint density at radius 1 is 1.23 bits per heavy atom. The molecule has 0 heterocycles. The predicted octanol–water partition coefficient (Wildman–Crippen LogP) is 1.27. The summed E-state index contributed by atoms with van der Waals surface area (Å²) in [6, 6.07) is 7.35. The largest absolute Gasteiger partial charge is 0.357 e. The number of rotatable bonds is 8. The maximum Gasteiger partial charge on any atom is 0.253 e. The molecule has 0 aliphatic heterocycles. The fourth-order valence-corrected chi connectivity index (χ4v) is 2.98. The van der Waals surface area contributed by atoms with Crippen molar-refractivity contribution in [3.8, 4) is 0 Å². The molecule has 146 valence electrons. The highest BCUT2D eigenvalue weighted by Gasteiger charge is 2.10. The first kappa shape index (κ1) is 22.0. The van der Waals surface area contributed by atoms with Crippen molar-refractivity contribution in [3.05, 3.63) is 35.4 Å². The van der Waals surface area contributed by atoms with E-state index in [1.165, 1.54) is 11.2 Å². The zero-order valence-electron chi connectivity index (χ0n) is 16.2. The second-order valence-corrected chi connectivity index (χ2v) is 8.82. The van der Waals surface area contributed by atoms with E-state index in [-0.39, 0.29) is 17.7 Å². The van der Waals surface area contributed by atoms with Crippen LogP contribution in [0.2, 0.25) is 0 Å². The predicted molar refractivity (Wildman–Crippen MR) is 106 cm³/mol. The molecule has 2 N–H and O–H groups in total. The minimum atomic E-state index is -2.97. The van der Waals surface area contributed by atoms with Crippen LogP contribution in [-0.2, 0) is 16.4 Å². The minimum Gasteiger partial charge on any atom is -0.357 e. The molecule has 0 saturated heterocycles. The van der Waals surface area contributed by atoms with E-state index in [2.05, 4.69) is 15.6 Å². The van der Waals surface area contributed by atoms with Crippen molar-refractivity contribution in [2.24, 2.45) is 4.99 Å². The molecule has 0 bridgehead atoms. The van der Waals surface area contributed by atoms with Gasteiger partial charge in [0.25, 0.3) is 5.91 Å². The Hall–Kier alpha value is -2.09. The first-order valence-electron chi connectivity index (χ1n) is 8.65. The van der Waals surface area contributed by atoms with Crippen molar-refractivity contribution in [1.82, 2.24) is 15.5 Å². The molecule has 1 amide bonds. The number of nitrogens with one attached hydrogen (secondary N) is 2. The molecule has 8 heteroatoms. The Balaban J connectivity index is 2.69. The van der Waals surface area contributed by atoms with Gasteiger partial charge in [-0.25, -0.2) is 13.4 Å². The fourth-order valence-electron chi connectivity index (χ4n) is 2.20. The third-order valence-corrected chi connectivity index (χ3v) is 4.65. The van der Waals surface area contributed by atoms with Crippen LogP contribution in [0.4, 0.5) is 0 Å². The van der Waals surface area contributed by atoms with E-state index in [0.29, 0.717) is 31.0 Å². The SMILES string of the molecule is CCNC(=NCc1ccc(C(=O)N(C)C)cc1)NC(C)CCS(C)(=O)=O. The monoisotopic (exact) mass is 382 g/mol. The summed E-state index contributed by atoms with van der Waals surface area (Å²) in [5, 5.41) is 6.37. The van der Waals surface area contributed by atoms with Gasteiger partial charge in [0.15, 0.2) is 5.96 Å². The van der Waals surface area contributed by atoms with Crippen LogP contribution in [0.5, 0.6) is 0 Å². The fraction of sp³-hybridized carbons (Fsp3) is 0.556. The molecular formula is C18H30N4O3S. The molecule has 0 aliphatic rings. The van der Waals surface area contributed by atoms with Crippen LogP contribution in [0.15, 0.2) is 29.3 Å². The standard InChI is InChI=1S/C18H30N4O3S/c1-6-19-18(21-14(2)11-12-26(5,24)25)20-13-15-7-9-16(10-8-15)17(23)22(3)4/h7-10,14H,6,11-13H2,1-5H3,(H2,19,20,21). The molecule has 0 aromatic heterocycles. The summed E-state index contributed by atoms with van der Waals surface area (Å²) in [6.45, 7) is 5.07. The van der Waals surface area contributed by atoms with Crippen LogP contribution < -0.4 is 10.6 Å². The number of hydrogen-bond acceptors (Lipinski definition) is 4. The van der Waals surface area contributed by atoms with Crippen molar-refractivity contribution in [1.29, 1.82) is 0 Å². The van der Waals surface area contributed by atoms with Gasteiger partial charge in [0.1, 0.15) is 9.84 Å². The molecule has 1 aromatic carbocycles. The minimum absolute atomic E-state index is 0.0115. The summed E-state index contributed by atoms with van der Waals surface area (Å²) < 4.78 is 22.5. The van der Waals surface area contributed by atoms with Gasteiger partial charge in [-0.05, 0) is 38.0 Å². The second-order valence-electron chi connectivity index (χ2n) is 6.56. The van der Waals surface area contributed by atoms with Crippen molar-refractivity contribution >= 4 is 21.7 Å². The number of amides is 1. The first-order chi connectivity index (χ1) is 12.1. The van der Waals surface area contributed by atoms with Gasteiger partial charge in [-0.15, -0.1) is 0 Å². The number of aliphatic imine (C=N–C) groups is 1. The lowest BCUT2D eigenvalue weighted by atomic mass is 10.1. The highest BCUT2D eigenvalue weighted by molar-refractivity contribution is 7.90. The highest BCUT2D eigenvalue weighted by Crippen LogP contribution is 2.07. The zero-order chi connectivity index (χ0) is 19.7. The molecule has 0 saturated carbocycles. The van der Waals surface area contributed by atoms with Crippen LogP contribution in [0.25, 0.3) is 0 Å². The topological polar surface area (TPSA) is 90.9 Å². The normalized spacial score (nSPS) is 13.2. The van der Waals surface area contributed by atoms with Gasteiger partial charge in [-0.3, -0.25) is 4.79 Å². The molecule has 0 spiro atoms. The van der Waals surface area contributed by atoms with Gasteiger partial charge in [-0.1, -0.05) is 12.1 Å².